The van der Waals surface area contributed by atoms with Gasteiger partial charge in [0.05, 0.1) is 17.8 Å². The number of β-amino-alcohol motifs (C(OH)–C–C–N with tert-alkyl or cyclic N) is 1. The van der Waals surface area contributed by atoms with Crippen LogP contribution in [0.25, 0.3) is 5.69 Å². The largest absolute Gasteiger partial charge is 0.484 e. The number of fused-ring (bicyclic) bond motifs is 1. The van der Waals surface area contributed by atoms with Crippen LogP contribution < -0.4 is 10.4 Å². The van der Waals surface area contributed by atoms with Crippen molar-refractivity contribution < 1.29 is 9.84 Å². The van der Waals surface area contributed by atoms with E-state index in [2.05, 4.69) is 10.00 Å². The fourth-order valence-electron chi connectivity index (χ4n) is 4.99. The number of likely N-dealkylation sites (tertiary alicyclic amines) is 1. The lowest BCUT2D eigenvalue weighted by Gasteiger charge is -2.30. The Balaban J connectivity index is 1.45. The van der Waals surface area contributed by atoms with E-state index >= 15 is 0 Å². The lowest BCUT2D eigenvalue weighted by atomic mass is 10.1. The monoisotopic (exact) mass is 488 g/mol. The number of aromatic nitrogens is 3. The van der Waals surface area contributed by atoms with Gasteiger partial charge in [0.15, 0.2) is 0 Å². The van der Waals surface area contributed by atoms with Crippen LogP contribution in [0.2, 0.25) is 10.0 Å². The van der Waals surface area contributed by atoms with Crippen molar-refractivity contribution in [3.8, 4) is 11.4 Å². The number of aryl methyl sites for hydroxylation is 1. The fourth-order valence-corrected chi connectivity index (χ4v) is 5.57. The molecule has 1 N–H and O–H groups in total. The maximum absolute atomic E-state index is 12.6. The summed E-state index contributed by atoms with van der Waals surface area (Å²) >= 11 is 12.8. The molecule has 2 aliphatic rings. The van der Waals surface area contributed by atoms with Crippen molar-refractivity contribution >= 4 is 23.2 Å². The molecule has 2 heterocycles. The van der Waals surface area contributed by atoms with Crippen LogP contribution in [0.4, 0.5) is 0 Å². The molecule has 3 atom stereocenters. The second kappa shape index (κ2) is 8.80. The number of hydrogen-bond donors (Lipinski definition) is 1. The Hall–Kier alpha value is -2.32. The third-order valence-corrected chi connectivity index (χ3v) is 7.19. The molecule has 0 radical (unpaired) electrons. The number of halogens is 2. The van der Waals surface area contributed by atoms with Gasteiger partial charge in [0.2, 0.25) is 0 Å². The van der Waals surface area contributed by atoms with Gasteiger partial charge in [0.1, 0.15) is 17.7 Å². The molecule has 7 nitrogen and oxygen atoms in total. The smallest absolute Gasteiger partial charge is 0.350 e. The molecule has 1 fully saturated rings. The molecule has 0 spiro atoms. The Morgan fingerprint density at radius 3 is 2.61 bits per heavy atom. The highest BCUT2D eigenvalue weighted by Crippen LogP contribution is 2.43. The first kappa shape index (κ1) is 22.5. The molecule has 174 valence electrons. The molecule has 0 bridgehead atoms. The number of aliphatic hydroxyl groups is 1. The average molecular weight is 489 g/mol. The van der Waals surface area contributed by atoms with E-state index < -0.39 is 0 Å². The van der Waals surface area contributed by atoms with Gasteiger partial charge in [-0.15, -0.1) is 0 Å². The zero-order valence-electron chi connectivity index (χ0n) is 18.5. The van der Waals surface area contributed by atoms with Crippen molar-refractivity contribution in [1.82, 2.24) is 19.2 Å². The summed E-state index contributed by atoms with van der Waals surface area (Å²) in [4.78, 5) is 14.9. The summed E-state index contributed by atoms with van der Waals surface area (Å²) in [5.74, 6) is 1.35. The minimum absolute atomic E-state index is 0.0540. The van der Waals surface area contributed by atoms with Crippen molar-refractivity contribution in [2.75, 3.05) is 13.1 Å². The van der Waals surface area contributed by atoms with Crippen LogP contribution in [0.5, 0.6) is 5.75 Å². The zero-order valence-corrected chi connectivity index (χ0v) is 20.1. The number of aliphatic hydroxyl groups excluding tert-OH is 1. The zero-order chi connectivity index (χ0) is 23.3. The van der Waals surface area contributed by atoms with Crippen LogP contribution in [-0.2, 0) is 13.0 Å². The van der Waals surface area contributed by atoms with Gasteiger partial charge in [-0.1, -0.05) is 23.2 Å². The highest BCUT2D eigenvalue weighted by atomic mass is 35.5. The topological polar surface area (TPSA) is 72.5 Å². The number of ether oxygens (including phenoxy) is 1. The number of benzene rings is 2. The standard InChI is InChI=1S/C24H26Cl2N4O3/c1-3-29-14(2)27-30(24(29)32)16-4-6-18(7-5-16)33-23-20-10-15(25)11-21(26)19(20)12-22(23)28-9-8-17(31)13-28/h4-7,10-11,17,22-23,31H,3,8-9,12-13H2,1-2H3/t17-,22+,23+/m1/s1. The van der Waals surface area contributed by atoms with E-state index in [1.54, 1.807) is 10.6 Å². The predicted molar refractivity (Wildman–Crippen MR) is 128 cm³/mol. The normalized spacial score (nSPS) is 22.6. The van der Waals surface area contributed by atoms with Crippen molar-refractivity contribution in [3.05, 3.63) is 73.9 Å². The molecule has 0 unspecified atom stereocenters. The van der Waals surface area contributed by atoms with E-state index in [4.69, 9.17) is 27.9 Å². The predicted octanol–water partition coefficient (Wildman–Crippen LogP) is 3.78. The third-order valence-electron chi connectivity index (χ3n) is 6.64. The fraction of sp³-hybridized carbons (Fsp3) is 0.417. The molecule has 1 aliphatic heterocycles. The summed E-state index contributed by atoms with van der Waals surface area (Å²) in [6, 6.07) is 11.1. The van der Waals surface area contributed by atoms with Gasteiger partial charge in [-0.05, 0) is 68.7 Å². The first-order valence-corrected chi connectivity index (χ1v) is 11.9. The Morgan fingerprint density at radius 1 is 1.21 bits per heavy atom. The minimum atomic E-state index is -0.322. The van der Waals surface area contributed by atoms with Gasteiger partial charge in [0, 0.05) is 35.2 Å². The van der Waals surface area contributed by atoms with Crippen molar-refractivity contribution in [2.24, 2.45) is 0 Å². The Labute approximate surface area is 202 Å². The molecule has 0 amide bonds. The SMILES string of the molecule is CCn1c(C)nn(-c2ccc(O[C@H]3c4cc(Cl)cc(Cl)c4C[C@@H]3N3CC[C@@H](O)C3)cc2)c1=O. The van der Waals surface area contributed by atoms with Crippen LogP contribution in [0, 0.1) is 6.92 Å². The van der Waals surface area contributed by atoms with Crippen LogP contribution in [0.3, 0.4) is 0 Å². The highest BCUT2D eigenvalue weighted by Gasteiger charge is 2.41. The Morgan fingerprint density at radius 2 is 1.97 bits per heavy atom. The van der Waals surface area contributed by atoms with Crippen LogP contribution in [0.1, 0.15) is 36.4 Å². The third kappa shape index (κ3) is 4.08. The van der Waals surface area contributed by atoms with Crippen LogP contribution >= 0.6 is 23.2 Å². The molecular formula is C24H26Cl2N4O3. The van der Waals surface area contributed by atoms with Crippen LogP contribution in [0.15, 0.2) is 41.2 Å². The molecule has 9 heteroatoms. The van der Waals surface area contributed by atoms with Crippen molar-refractivity contribution in [1.29, 1.82) is 0 Å². The lowest BCUT2D eigenvalue weighted by molar-refractivity contribution is 0.0818. The molecule has 1 aromatic heterocycles. The van der Waals surface area contributed by atoms with E-state index in [1.807, 2.05) is 44.2 Å². The summed E-state index contributed by atoms with van der Waals surface area (Å²) < 4.78 is 9.52. The van der Waals surface area contributed by atoms with Gasteiger partial charge < -0.3 is 9.84 Å². The number of rotatable bonds is 5. The molecule has 5 rings (SSSR count). The summed E-state index contributed by atoms with van der Waals surface area (Å²) in [6.07, 6.45) is 0.902. The minimum Gasteiger partial charge on any atom is -0.484 e. The van der Waals surface area contributed by atoms with Crippen LogP contribution in [-0.4, -0.2) is 49.6 Å². The first-order valence-electron chi connectivity index (χ1n) is 11.2. The second-order valence-electron chi connectivity index (χ2n) is 8.68. The van der Waals surface area contributed by atoms with E-state index in [0.29, 0.717) is 40.4 Å². The molecule has 1 aliphatic carbocycles. The van der Waals surface area contributed by atoms with Gasteiger partial charge in [-0.2, -0.15) is 9.78 Å². The van der Waals surface area contributed by atoms with Gasteiger partial charge in [-0.3, -0.25) is 9.47 Å². The summed E-state index contributed by atoms with van der Waals surface area (Å²) in [5.41, 5.74) is 2.54. The van der Waals surface area contributed by atoms with Gasteiger partial charge >= 0.3 is 5.69 Å². The van der Waals surface area contributed by atoms with E-state index in [0.717, 1.165) is 30.5 Å². The second-order valence-corrected chi connectivity index (χ2v) is 9.53. The summed E-state index contributed by atoms with van der Waals surface area (Å²) in [6.45, 7) is 5.75. The van der Waals surface area contributed by atoms with Gasteiger partial charge in [0.25, 0.3) is 0 Å². The number of nitrogens with zero attached hydrogens (tertiary/aromatic N) is 4. The molecule has 0 saturated carbocycles. The summed E-state index contributed by atoms with van der Waals surface area (Å²) in [7, 11) is 0. The molecular weight excluding hydrogens is 463 g/mol. The molecule has 33 heavy (non-hydrogen) atoms. The van der Waals surface area contributed by atoms with Crippen molar-refractivity contribution in [3.63, 3.8) is 0 Å². The number of hydrogen-bond acceptors (Lipinski definition) is 5. The first-order chi connectivity index (χ1) is 15.9. The molecule has 1 saturated heterocycles. The Kier molecular flexibility index (Phi) is 5.99. The summed E-state index contributed by atoms with van der Waals surface area (Å²) in [5, 5.41) is 15.7. The van der Waals surface area contributed by atoms with Crippen molar-refractivity contribution in [2.45, 2.75) is 51.5 Å². The quantitative estimate of drug-likeness (QED) is 0.591. The molecule has 3 aromatic rings. The lowest BCUT2D eigenvalue weighted by Crippen LogP contribution is -2.39. The Bertz CT molecular complexity index is 1240. The maximum Gasteiger partial charge on any atom is 0.350 e. The molecule has 2 aromatic carbocycles. The maximum atomic E-state index is 12.6. The average Bonchev–Trinajstić information content (AvgIpc) is 3.45. The highest BCUT2D eigenvalue weighted by molar-refractivity contribution is 6.35. The van der Waals surface area contributed by atoms with E-state index in [9.17, 15) is 9.90 Å². The van der Waals surface area contributed by atoms with E-state index in [-0.39, 0.29) is 23.9 Å². The van der Waals surface area contributed by atoms with Gasteiger partial charge in [-0.25, -0.2) is 4.79 Å². The van der Waals surface area contributed by atoms with E-state index in [1.165, 1.54) is 4.68 Å².